The highest BCUT2D eigenvalue weighted by molar-refractivity contribution is 5.84. The van der Waals surface area contributed by atoms with Crippen LogP contribution in [0.2, 0.25) is 0 Å². The van der Waals surface area contributed by atoms with E-state index in [4.69, 9.17) is 14.2 Å². The molecule has 0 radical (unpaired) electrons. The van der Waals surface area contributed by atoms with Gasteiger partial charge in [-0.25, -0.2) is 0 Å². The highest BCUT2D eigenvalue weighted by Gasteiger charge is 2.42. The second-order valence-corrected chi connectivity index (χ2v) is 7.41. The Bertz CT molecular complexity index is 845. The lowest BCUT2D eigenvalue weighted by atomic mass is 9.76. The van der Waals surface area contributed by atoms with Crippen molar-refractivity contribution >= 4 is 11.9 Å². The van der Waals surface area contributed by atoms with Crippen LogP contribution in [0, 0.1) is 5.92 Å². The summed E-state index contributed by atoms with van der Waals surface area (Å²) < 4.78 is 16.4. The first-order valence-corrected chi connectivity index (χ1v) is 9.50. The Morgan fingerprint density at radius 2 is 1.89 bits per heavy atom. The number of fused-ring (bicyclic) bond motifs is 1. The molecule has 0 amide bonds. The average molecular weight is 382 g/mol. The van der Waals surface area contributed by atoms with E-state index >= 15 is 0 Å². The minimum atomic E-state index is -0.785. The van der Waals surface area contributed by atoms with Crippen LogP contribution in [0.15, 0.2) is 48.5 Å². The van der Waals surface area contributed by atoms with E-state index in [-0.39, 0.29) is 24.5 Å². The van der Waals surface area contributed by atoms with Gasteiger partial charge in [-0.15, -0.1) is 0 Å². The van der Waals surface area contributed by atoms with Gasteiger partial charge in [-0.1, -0.05) is 55.5 Å². The molecule has 1 aliphatic heterocycles. The van der Waals surface area contributed by atoms with Crippen LogP contribution < -0.4 is 4.74 Å². The van der Waals surface area contributed by atoms with Gasteiger partial charge in [-0.3, -0.25) is 9.59 Å². The zero-order valence-electron chi connectivity index (χ0n) is 16.6. The number of carbonyl (C=O) groups is 2. The van der Waals surface area contributed by atoms with E-state index in [2.05, 4.69) is 0 Å². The Kier molecular flexibility index (Phi) is 6.02. The molecule has 0 N–H and O–H groups in total. The van der Waals surface area contributed by atoms with E-state index in [1.54, 1.807) is 0 Å². The van der Waals surface area contributed by atoms with Gasteiger partial charge in [0.15, 0.2) is 0 Å². The van der Waals surface area contributed by atoms with Crippen LogP contribution in [0.3, 0.4) is 0 Å². The molecule has 5 nitrogen and oxygen atoms in total. The van der Waals surface area contributed by atoms with E-state index in [9.17, 15) is 9.59 Å². The van der Waals surface area contributed by atoms with E-state index in [1.165, 1.54) is 7.11 Å². The topological polar surface area (TPSA) is 61.8 Å². The van der Waals surface area contributed by atoms with Crippen molar-refractivity contribution in [3.8, 4) is 5.75 Å². The molecule has 0 spiro atoms. The fourth-order valence-electron chi connectivity index (χ4n) is 3.55. The summed E-state index contributed by atoms with van der Waals surface area (Å²) in [6.07, 6.45) is 1.04. The SMILES string of the molecule is COC(=O)[C@H](C)Cc1cccc2c1OCCC2(C)C(=O)OCc1ccccc1. The fourth-order valence-corrected chi connectivity index (χ4v) is 3.55. The zero-order valence-corrected chi connectivity index (χ0v) is 16.6. The number of ether oxygens (including phenoxy) is 3. The zero-order chi connectivity index (χ0) is 20.1. The molecular weight excluding hydrogens is 356 g/mol. The summed E-state index contributed by atoms with van der Waals surface area (Å²) in [4.78, 5) is 24.8. The predicted molar refractivity (Wildman–Crippen MR) is 105 cm³/mol. The van der Waals surface area contributed by atoms with Crippen LogP contribution in [0.4, 0.5) is 0 Å². The van der Waals surface area contributed by atoms with Crippen molar-refractivity contribution in [2.45, 2.75) is 38.7 Å². The smallest absolute Gasteiger partial charge is 0.316 e. The lowest BCUT2D eigenvalue weighted by molar-refractivity contribution is -0.152. The maximum absolute atomic E-state index is 13.0. The predicted octanol–water partition coefficient (Wildman–Crippen LogP) is 3.82. The molecule has 0 fully saturated rings. The molecule has 1 heterocycles. The molecular formula is C23H26O5. The highest BCUT2D eigenvalue weighted by atomic mass is 16.5. The lowest BCUT2D eigenvalue weighted by Gasteiger charge is -2.35. The molecule has 2 aromatic rings. The Morgan fingerprint density at radius 1 is 1.14 bits per heavy atom. The largest absolute Gasteiger partial charge is 0.493 e. The number of para-hydroxylation sites is 1. The van der Waals surface area contributed by atoms with Crippen molar-refractivity contribution in [1.82, 2.24) is 0 Å². The van der Waals surface area contributed by atoms with Gasteiger partial charge in [0.05, 0.1) is 25.0 Å². The van der Waals surface area contributed by atoms with Crippen LogP contribution in [-0.2, 0) is 37.5 Å². The van der Waals surface area contributed by atoms with Gasteiger partial charge >= 0.3 is 11.9 Å². The first-order chi connectivity index (χ1) is 13.5. The number of methoxy groups -OCH3 is 1. The number of rotatable bonds is 6. The maximum Gasteiger partial charge on any atom is 0.316 e. The molecule has 1 unspecified atom stereocenters. The summed E-state index contributed by atoms with van der Waals surface area (Å²) >= 11 is 0. The van der Waals surface area contributed by atoms with Gasteiger partial charge in [0, 0.05) is 12.0 Å². The number of hydrogen-bond acceptors (Lipinski definition) is 5. The van der Waals surface area contributed by atoms with Gasteiger partial charge in [0.1, 0.15) is 12.4 Å². The Balaban J connectivity index is 1.82. The third-order valence-electron chi connectivity index (χ3n) is 5.33. The summed E-state index contributed by atoms with van der Waals surface area (Å²) in [6, 6.07) is 15.4. The molecule has 3 rings (SSSR count). The molecule has 5 heteroatoms. The maximum atomic E-state index is 13.0. The van der Waals surface area contributed by atoms with E-state index in [0.29, 0.717) is 25.2 Å². The fraction of sp³-hybridized carbons (Fsp3) is 0.391. The molecule has 0 saturated carbocycles. The minimum Gasteiger partial charge on any atom is -0.493 e. The van der Waals surface area contributed by atoms with Crippen molar-refractivity contribution in [1.29, 1.82) is 0 Å². The molecule has 1 aliphatic rings. The minimum absolute atomic E-state index is 0.241. The van der Waals surface area contributed by atoms with Crippen LogP contribution in [0.5, 0.6) is 5.75 Å². The average Bonchev–Trinajstić information content (AvgIpc) is 2.72. The molecule has 2 atom stereocenters. The number of carbonyl (C=O) groups excluding carboxylic acids is 2. The van der Waals surface area contributed by atoms with Crippen LogP contribution in [0.1, 0.15) is 37.0 Å². The first-order valence-electron chi connectivity index (χ1n) is 9.50. The molecule has 2 aromatic carbocycles. The van der Waals surface area contributed by atoms with Crippen LogP contribution in [-0.4, -0.2) is 25.7 Å². The molecule has 148 valence electrons. The Hall–Kier alpha value is -2.82. The van der Waals surface area contributed by atoms with Crippen molar-refractivity contribution < 1.29 is 23.8 Å². The first kappa shape index (κ1) is 19.9. The Morgan fingerprint density at radius 3 is 2.61 bits per heavy atom. The van der Waals surface area contributed by atoms with Crippen molar-refractivity contribution in [2.75, 3.05) is 13.7 Å². The Labute approximate surface area is 165 Å². The van der Waals surface area contributed by atoms with Crippen molar-refractivity contribution in [2.24, 2.45) is 5.92 Å². The molecule has 0 aromatic heterocycles. The van der Waals surface area contributed by atoms with Gasteiger partial charge in [0.2, 0.25) is 0 Å². The number of hydrogen-bond donors (Lipinski definition) is 0. The summed E-state index contributed by atoms with van der Waals surface area (Å²) in [7, 11) is 1.38. The van der Waals surface area contributed by atoms with Gasteiger partial charge < -0.3 is 14.2 Å². The second-order valence-electron chi connectivity index (χ2n) is 7.41. The highest BCUT2D eigenvalue weighted by Crippen LogP contribution is 2.42. The quantitative estimate of drug-likeness (QED) is 0.711. The van der Waals surface area contributed by atoms with E-state index in [1.807, 2.05) is 62.4 Å². The molecule has 0 bridgehead atoms. The second kappa shape index (κ2) is 8.46. The number of esters is 2. The monoisotopic (exact) mass is 382 g/mol. The van der Waals surface area contributed by atoms with Gasteiger partial charge in [-0.05, 0) is 24.5 Å². The summed E-state index contributed by atoms with van der Waals surface area (Å²) in [5.74, 6) is -0.139. The van der Waals surface area contributed by atoms with E-state index < -0.39 is 5.41 Å². The lowest BCUT2D eigenvalue weighted by Crippen LogP contribution is -2.39. The molecule has 0 aliphatic carbocycles. The summed E-state index contributed by atoms with van der Waals surface area (Å²) in [5, 5.41) is 0. The number of benzene rings is 2. The standard InChI is InChI=1S/C23H26O5/c1-16(21(24)26-3)14-18-10-7-11-19-20(18)27-13-12-23(19,2)22(25)28-15-17-8-5-4-6-9-17/h4-11,16H,12-15H2,1-3H3/t16-,23?/m1/s1. The van der Waals surface area contributed by atoms with Crippen LogP contribution in [0.25, 0.3) is 0 Å². The van der Waals surface area contributed by atoms with Crippen LogP contribution >= 0.6 is 0 Å². The molecule has 0 saturated heterocycles. The summed E-state index contributed by atoms with van der Waals surface area (Å²) in [6.45, 7) is 4.38. The third-order valence-corrected chi connectivity index (χ3v) is 5.33. The summed E-state index contributed by atoms with van der Waals surface area (Å²) in [5.41, 5.74) is 1.88. The molecule has 28 heavy (non-hydrogen) atoms. The van der Waals surface area contributed by atoms with Gasteiger partial charge in [-0.2, -0.15) is 0 Å². The third kappa shape index (κ3) is 4.03. The van der Waals surface area contributed by atoms with E-state index in [0.717, 1.165) is 16.7 Å². The van der Waals surface area contributed by atoms with Gasteiger partial charge in [0.25, 0.3) is 0 Å². The van der Waals surface area contributed by atoms with Crippen molar-refractivity contribution in [3.05, 3.63) is 65.2 Å². The normalized spacial score (nSPS) is 19.1. The van der Waals surface area contributed by atoms with Crippen molar-refractivity contribution in [3.63, 3.8) is 0 Å².